The van der Waals surface area contributed by atoms with E-state index in [1.807, 2.05) is 29.2 Å². The fourth-order valence-corrected chi connectivity index (χ4v) is 3.50. The lowest BCUT2D eigenvalue weighted by Gasteiger charge is -2.29. The Hall–Kier alpha value is -3.39. The molecular formula is C23H20F3N3O2. The summed E-state index contributed by atoms with van der Waals surface area (Å²) in [6, 6.07) is 13.1. The van der Waals surface area contributed by atoms with Crippen LogP contribution in [0.1, 0.15) is 11.1 Å². The van der Waals surface area contributed by atoms with Crippen LogP contribution in [-0.4, -0.2) is 37.2 Å². The van der Waals surface area contributed by atoms with Gasteiger partial charge in [-0.25, -0.2) is 0 Å². The molecule has 1 aliphatic rings. The summed E-state index contributed by atoms with van der Waals surface area (Å²) < 4.78 is 46.2. The summed E-state index contributed by atoms with van der Waals surface area (Å²) in [6.07, 6.45) is -0.209. The third kappa shape index (κ3) is 4.86. The summed E-state index contributed by atoms with van der Waals surface area (Å²) in [6.45, 7) is 1.97. The Morgan fingerprint density at radius 2 is 1.87 bits per heavy atom. The van der Waals surface area contributed by atoms with Gasteiger partial charge < -0.3 is 15.0 Å². The molecule has 1 saturated heterocycles. The Kier molecular flexibility index (Phi) is 5.90. The molecule has 3 aromatic rings. The number of hydrogen-bond acceptors (Lipinski definition) is 4. The summed E-state index contributed by atoms with van der Waals surface area (Å²) in [4.78, 5) is 18.5. The van der Waals surface area contributed by atoms with E-state index in [0.717, 1.165) is 11.5 Å². The molecule has 0 spiro atoms. The number of rotatable bonds is 4. The van der Waals surface area contributed by atoms with Gasteiger partial charge in [0.2, 0.25) is 5.91 Å². The van der Waals surface area contributed by atoms with Crippen molar-refractivity contribution in [2.75, 3.05) is 36.5 Å². The van der Waals surface area contributed by atoms with Crippen LogP contribution in [0, 0.1) is 0 Å². The van der Waals surface area contributed by atoms with Gasteiger partial charge in [-0.1, -0.05) is 24.3 Å². The molecule has 2 aromatic carbocycles. The molecule has 2 heterocycles. The van der Waals surface area contributed by atoms with Gasteiger partial charge in [-0.2, -0.15) is 13.2 Å². The number of nitrogens with zero attached hydrogens (tertiary/aromatic N) is 2. The molecule has 0 unspecified atom stereocenters. The van der Waals surface area contributed by atoms with Gasteiger partial charge in [-0.05, 0) is 30.3 Å². The van der Waals surface area contributed by atoms with Gasteiger partial charge >= 0.3 is 6.18 Å². The highest BCUT2D eigenvalue weighted by Crippen LogP contribution is 2.37. The second-order valence-corrected chi connectivity index (χ2v) is 7.07. The molecule has 0 aliphatic carbocycles. The van der Waals surface area contributed by atoms with Crippen molar-refractivity contribution < 1.29 is 22.7 Å². The molecule has 1 fully saturated rings. The third-order valence-electron chi connectivity index (χ3n) is 5.02. The highest BCUT2D eigenvalue weighted by Gasteiger charge is 2.34. The predicted octanol–water partition coefficient (Wildman–Crippen LogP) is 4.74. The predicted molar refractivity (Wildman–Crippen MR) is 114 cm³/mol. The minimum absolute atomic E-state index is 0.282. The lowest BCUT2D eigenvalue weighted by atomic mass is 10.1. The van der Waals surface area contributed by atoms with Crippen LogP contribution in [0.3, 0.4) is 0 Å². The van der Waals surface area contributed by atoms with Crippen molar-refractivity contribution in [2.24, 2.45) is 0 Å². The average molecular weight is 427 g/mol. The zero-order chi connectivity index (χ0) is 21.8. The Balaban J connectivity index is 1.56. The Labute approximate surface area is 177 Å². The number of halogens is 3. The molecule has 0 saturated carbocycles. The van der Waals surface area contributed by atoms with E-state index >= 15 is 0 Å². The minimum Gasteiger partial charge on any atom is -0.378 e. The number of para-hydroxylation sites is 1. The van der Waals surface area contributed by atoms with E-state index in [-0.39, 0.29) is 5.69 Å². The van der Waals surface area contributed by atoms with Crippen molar-refractivity contribution >= 4 is 34.3 Å². The number of carbonyl (C=O) groups is 1. The van der Waals surface area contributed by atoms with Crippen molar-refractivity contribution in [1.29, 1.82) is 0 Å². The van der Waals surface area contributed by atoms with Crippen molar-refractivity contribution in [3.63, 3.8) is 0 Å². The quantitative estimate of drug-likeness (QED) is 0.611. The first-order valence-corrected chi connectivity index (χ1v) is 9.78. The monoisotopic (exact) mass is 427 g/mol. The van der Waals surface area contributed by atoms with Crippen molar-refractivity contribution in [3.8, 4) is 0 Å². The van der Waals surface area contributed by atoms with Crippen LogP contribution in [0.25, 0.3) is 17.0 Å². The zero-order valence-electron chi connectivity index (χ0n) is 16.5. The molecule has 1 aliphatic heterocycles. The Bertz CT molecular complexity index is 1120. The fraction of sp³-hybridized carbons (Fsp3) is 0.217. The first-order chi connectivity index (χ1) is 14.9. The molecule has 160 valence electrons. The van der Waals surface area contributed by atoms with Crippen LogP contribution >= 0.6 is 0 Å². The molecule has 1 amide bonds. The van der Waals surface area contributed by atoms with Crippen LogP contribution in [0.4, 0.5) is 24.5 Å². The molecular weight excluding hydrogens is 407 g/mol. The van der Waals surface area contributed by atoms with E-state index in [9.17, 15) is 18.0 Å². The molecule has 0 atom stereocenters. The van der Waals surface area contributed by atoms with E-state index < -0.39 is 17.6 Å². The fourth-order valence-electron chi connectivity index (χ4n) is 3.50. The first kappa shape index (κ1) is 20.9. The second-order valence-electron chi connectivity index (χ2n) is 7.07. The molecule has 5 nitrogen and oxygen atoms in total. The van der Waals surface area contributed by atoms with Gasteiger partial charge in [-0.15, -0.1) is 0 Å². The van der Waals surface area contributed by atoms with Crippen molar-refractivity contribution in [2.45, 2.75) is 6.18 Å². The van der Waals surface area contributed by atoms with Gasteiger partial charge in [0.15, 0.2) is 0 Å². The van der Waals surface area contributed by atoms with Crippen LogP contribution in [-0.2, 0) is 15.7 Å². The maximum atomic E-state index is 13.7. The van der Waals surface area contributed by atoms with Crippen molar-refractivity contribution in [3.05, 3.63) is 71.9 Å². The summed E-state index contributed by atoms with van der Waals surface area (Å²) in [7, 11) is 0. The average Bonchev–Trinajstić information content (AvgIpc) is 2.78. The molecule has 0 bridgehead atoms. The van der Waals surface area contributed by atoms with Crippen LogP contribution < -0.4 is 10.2 Å². The van der Waals surface area contributed by atoms with E-state index in [2.05, 4.69) is 10.3 Å². The minimum atomic E-state index is -4.60. The summed E-state index contributed by atoms with van der Waals surface area (Å²) >= 11 is 0. The van der Waals surface area contributed by atoms with Gasteiger partial charge in [0.25, 0.3) is 0 Å². The van der Waals surface area contributed by atoms with Crippen LogP contribution in [0.5, 0.6) is 0 Å². The maximum Gasteiger partial charge on any atom is 0.418 e. The number of morpholine rings is 1. The number of amides is 1. The summed E-state index contributed by atoms with van der Waals surface area (Å²) in [5.41, 5.74) is 0.693. The van der Waals surface area contributed by atoms with E-state index in [4.69, 9.17) is 4.74 Å². The second kappa shape index (κ2) is 8.77. The van der Waals surface area contributed by atoms with Gasteiger partial charge in [-0.3, -0.25) is 9.78 Å². The highest BCUT2D eigenvalue weighted by atomic mass is 19.4. The number of nitrogens with one attached hydrogen (secondary N) is 1. The standard InChI is InChI=1S/C23H20F3N3O2/c24-23(25,26)19-15-18(29-11-13-31-14-12-29)7-8-20(19)28-21(30)9-6-17-4-1-3-16-5-2-10-27-22(16)17/h1-10,15H,11-14H2,(H,28,30). The largest absolute Gasteiger partial charge is 0.418 e. The number of aromatic nitrogens is 1. The van der Waals surface area contributed by atoms with Gasteiger partial charge in [0, 0.05) is 42.0 Å². The Morgan fingerprint density at radius 3 is 2.65 bits per heavy atom. The van der Waals surface area contributed by atoms with Crippen molar-refractivity contribution in [1.82, 2.24) is 4.98 Å². The number of carbonyl (C=O) groups excluding carboxylic acids is 1. The number of anilines is 2. The molecule has 31 heavy (non-hydrogen) atoms. The topological polar surface area (TPSA) is 54.5 Å². The van der Waals surface area contributed by atoms with Gasteiger partial charge in [0.05, 0.1) is 30.0 Å². The number of ether oxygens (including phenoxy) is 1. The van der Waals surface area contributed by atoms with E-state index in [0.29, 0.717) is 43.1 Å². The molecule has 1 aromatic heterocycles. The number of benzene rings is 2. The molecule has 1 N–H and O–H groups in total. The Morgan fingerprint density at radius 1 is 1.10 bits per heavy atom. The summed E-state index contributed by atoms with van der Waals surface area (Å²) in [5.74, 6) is -0.655. The maximum absolute atomic E-state index is 13.7. The lowest BCUT2D eigenvalue weighted by molar-refractivity contribution is -0.136. The first-order valence-electron chi connectivity index (χ1n) is 9.78. The van der Waals surface area contributed by atoms with Gasteiger partial charge in [0.1, 0.15) is 0 Å². The molecule has 8 heteroatoms. The highest BCUT2D eigenvalue weighted by molar-refractivity contribution is 6.03. The number of fused-ring (bicyclic) bond motifs is 1. The van der Waals surface area contributed by atoms with Crippen LogP contribution in [0.15, 0.2) is 60.8 Å². The van der Waals surface area contributed by atoms with E-state index in [1.54, 1.807) is 24.4 Å². The van der Waals surface area contributed by atoms with Crippen LogP contribution in [0.2, 0.25) is 0 Å². The number of hydrogen-bond donors (Lipinski definition) is 1. The summed E-state index contributed by atoms with van der Waals surface area (Å²) in [5, 5.41) is 3.26. The third-order valence-corrected chi connectivity index (χ3v) is 5.02. The van der Waals surface area contributed by atoms with E-state index in [1.165, 1.54) is 12.1 Å². The normalized spacial score (nSPS) is 14.9. The zero-order valence-corrected chi connectivity index (χ0v) is 16.5. The SMILES string of the molecule is O=C(C=Cc1cccc2cccnc12)Nc1ccc(N2CCOCC2)cc1C(F)(F)F. The smallest absolute Gasteiger partial charge is 0.378 e. The number of alkyl halides is 3. The lowest BCUT2D eigenvalue weighted by Crippen LogP contribution is -2.36. The molecule has 0 radical (unpaired) electrons. The number of pyridine rings is 1. The molecule has 4 rings (SSSR count).